The zero-order valence-electron chi connectivity index (χ0n) is 15.1. The molecule has 140 valence electrons. The summed E-state index contributed by atoms with van der Waals surface area (Å²) in [7, 11) is 0. The molecule has 1 saturated heterocycles. The van der Waals surface area contributed by atoms with Crippen molar-refractivity contribution in [3.8, 4) is 0 Å². The number of anilines is 1. The SMILES string of the molecule is O=C(Nc1ccn(CCCN2CCCC2)n1)c1cc(=O)[nH]c2ccccc12. The highest BCUT2D eigenvalue weighted by molar-refractivity contribution is 6.11. The number of hydrogen-bond donors (Lipinski definition) is 2. The lowest BCUT2D eigenvalue weighted by molar-refractivity contribution is 0.102. The Kier molecular flexibility index (Phi) is 5.02. The van der Waals surface area contributed by atoms with Gasteiger partial charge in [-0.3, -0.25) is 14.3 Å². The summed E-state index contributed by atoms with van der Waals surface area (Å²) in [6.07, 6.45) is 5.51. The van der Waals surface area contributed by atoms with Crippen LogP contribution in [0.15, 0.2) is 47.4 Å². The van der Waals surface area contributed by atoms with E-state index in [0.717, 1.165) is 19.5 Å². The zero-order chi connectivity index (χ0) is 18.6. The van der Waals surface area contributed by atoms with Crippen LogP contribution < -0.4 is 10.9 Å². The summed E-state index contributed by atoms with van der Waals surface area (Å²) >= 11 is 0. The molecule has 2 aromatic heterocycles. The first-order valence-corrected chi connectivity index (χ1v) is 9.38. The monoisotopic (exact) mass is 365 g/mol. The van der Waals surface area contributed by atoms with E-state index in [4.69, 9.17) is 0 Å². The van der Waals surface area contributed by atoms with Crippen LogP contribution >= 0.6 is 0 Å². The highest BCUT2D eigenvalue weighted by Gasteiger charge is 2.14. The fraction of sp³-hybridized carbons (Fsp3) is 0.350. The number of aromatic nitrogens is 3. The molecule has 1 fully saturated rings. The number of carbonyl (C=O) groups excluding carboxylic acids is 1. The molecule has 7 nitrogen and oxygen atoms in total. The Labute approximate surface area is 157 Å². The van der Waals surface area contributed by atoms with Gasteiger partial charge in [0.15, 0.2) is 5.82 Å². The predicted molar refractivity (Wildman–Crippen MR) is 105 cm³/mol. The average Bonchev–Trinajstić information content (AvgIpc) is 3.33. The number of hydrogen-bond acceptors (Lipinski definition) is 4. The van der Waals surface area contributed by atoms with Crippen LogP contribution in [0.1, 0.15) is 29.6 Å². The molecule has 1 aliphatic heterocycles. The zero-order valence-corrected chi connectivity index (χ0v) is 15.1. The molecular weight excluding hydrogens is 342 g/mol. The molecule has 3 aromatic rings. The van der Waals surface area contributed by atoms with Gasteiger partial charge >= 0.3 is 0 Å². The Morgan fingerprint density at radius 2 is 1.96 bits per heavy atom. The van der Waals surface area contributed by atoms with Gasteiger partial charge in [0.05, 0.1) is 5.56 Å². The summed E-state index contributed by atoms with van der Waals surface area (Å²) < 4.78 is 1.85. The predicted octanol–water partition coefficient (Wildman–Crippen LogP) is 2.46. The molecular formula is C20H23N5O2. The van der Waals surface area contributed by atoms with E-state index in [1.807, 2.05) is 29.1 Å². The molecule has 0 bridgehead atoms. The van der Waals surface area contributed by atoms with Crippen molar-refractivity contribution in [2.45, 2.75) is 25.8 Å². The van der Waals surface area contributed by atoms with Gasteiger partial charge in [0.25, 0.3) is 5.91 Å². The number of aryl methyl sites for hydroxylation is 1. The van der Waals surface area contributed by atoms with Crippen molar-refractivity contribution < 1.29 is 4.79 Å². The highest BCUT2D eigenvalue weighted by atomic mass is 16.2. The minimum atomic E-state index is -0.334. The van der Waals surface area contributed by atoms with Gasteiger partial charge in [-0.25, -0.2) is 0 Å². The molecule has 2 N–H and O–H groups in total. The van der Waals surface area contributed by atoms with E-state index in [0.29, 0.717) is 22.3 Å². The molecule has 0 aliphatic carbocycles. The van der Waals surface area contributed by atoms with E-state index < -0.39 is 0 Å². The van der Waals surface area contributed by atoms with Crippen LogP contribution in [0.4, 0.5) is 5.82 Å². The third kappa shape index (κ3) is 4.09. The summed E-state index contributed by atoms with van der Waals surface area (Å²) in [4.78, 5) is 29.7. The van der Waals surface area contributed by atoms with Gasteiger partial charge in [-0.05, 0) is 45.0 Å². The van der Waals surface area contributed by atoms with Crippen LogP contribution in [0.3, 0.4) is 0 Å². The summed E-state index contributed by atoms with van der Waals surface area (Å²) in [5.41, 5.74) is 0.687. The van der Waals surface area contributed by atoms with E-state index in [2.05, 4.69) is 20.3 Å². The van der Waals surface area contributed by atoms with Gasteiger partial charge in [-0.15, -0.1) is 0 Å². The number of H-pyrrole nitrogens is 1. The number of nitrogens with one attached hydrogen (secondary N) is 2. The molecule has 0 saturated carbocycles. The molecule has 0 spiro atoms. The van der Waals surface area contributed by atoms with Crippen LogP contribution in [0.25, 0.3) is 10.9 Å². The third-order valence-electron chi connectivity index (χ3n) is 4.94. The Hall–Kier alpha value is -2.93. The fourth-order valence-electron chi connectivity index (χ4n) is 3.59. The Morgan fingerprint density at radius 1 is 1.15 bits per heavy atom. The van der Waals surface area contributed by atoms with Crippen molar-refractivity contribution in [2.24, 2.45) is 0 Å². The van der Waals surface area contributed by atoms with E-state index in [1.165, 1.54) is 32.0 Å². The van der Waals surface area contributed by atoms with Crippen molar-refractivity contribution in [1.29, 1.82) is 0 Å². The Morgan fingerprint density at radius 3 is 2.81 bits per heavy atom. The number of carbonyl (C=O) groups is 1. The summed E-state index contributed by atoms with van der Waals surface area (Å²) in [5.74, 6) is 0.158. The van der Waals surface area contributed by atoms with Gasteiger partial charge in [-0.1, -0.05) is 18.2 Å². The average molecular weight is 365 g/mol. The minimum absolute atomic E-state index is 0.300. The second-order valence-corrected chi connectivity index (χ2v) is 6.91. The van der Waals surface area contributed by atoms with Gasteiger partial charge in [0.2, 0.25) is 5.56 Å². The molecule has 1 aromatic carbocycles. The number of aromatic amines is 1. The maximum absolute atomic E-state index is 12.7. The number of pyridine rings is 1. The molecule has 27 heavy (non-hydrogen) atoms. The normalized spacial score (nSPS) is 14.7. The second-order valence-electron chi connectivity index (χ2n) is 6.91. The van der Waals surface area contributed by atoms with Gasteiger partial charge in [0, 0.05) is 35.8 Å². The van der Waals surface area contributed by atoms with Gasteiger partial charge < -0.3 is 15.2 Å². The van der Waals surface area contributed by atoms with E-state index >= 15 is 0 Å². The Bertz CT molecular complexity index is 1000. The van der Waals surface area contributed by atoms with Crippen LogP contribution in [0.2, 0.25) is 0 Å². The van der Waals surface area contributed by atoms with Crippen LogP contribution in [-0.4, -0.2) is 45.2 Å². The fourth-order valence-corrected chi connectivity index (χ4v) is 3.59. The lowest BCUT2D eigenvalue weighted by Crippen LogP contribution is -2.21. The first-order valence-electron chi connectivity index (χ1n) is 9.38. The molecule has 7 heteroatoms. The topological polar surface area (TPSA) is 83.0 Å². The van der Waals surface area contributed by atoms with Gasteiger partial charge in [-0.2, -0.15) is 5.10 Å². The second kappa shape index (κ2) is 7.75. The molecule has 1 amide bonds. The third-order valence-corrected chi connectivity index (χ3v) is 4.94. The van der Waals surface area contributed by atoms with Crippen molar-refractivity contribution >= 4 is 22.6 Å². The molecule has 3 heterocycles. The number of nitrogens with zero attached hydrogens (tertiary/aromatic N) is 3. The number of likely N-dealkylation sites (tertiary alicyclic amines) is 1. The quantitative estimate of drug-likeness (QED) is 0.703. The standard InChI is InChI=1S/C20H23N5O2/c26-19-14-16(15-6-1-2-7-17(15)21-19)20(27)22-18-8-13-25(23-18)12-5-11-24-9-3-4-10-24/h1-2,6-8,13-14H,3-5,9-12H2,(H,21,26)(H,22,23,27). The van der Waals surface area contributed by atoms with Crippen molar-refractivity contribution in [3.63, 3.8) is 0 Å². The Balaban J connectivity index is 1.41. The van der Waals surface area contributed by atoms with E-state index in [-0.39, 0.29) is 11.5 Å². The molecule has 0 atom stereocenters. The lowest BCUT2D eigenvalue weighted by atomic mass is 10.1. The minimum Gasteiger partial charge on any atom is -0.322 e. The number of rotatable bonds is 6. The number of fused-ring (bicyclic) bond motifs is 1. The largest absolute Gasteiger partial charge is 0.322 e. The van der Waals surface area contributed by atoms with Gasteiger partial charge in [0.1, 0.15) is 0 Å². The van der Waals surface area contributed by atoms with Crippen LogP contribution in [0, 0.1) is 0 Å². The lowest BCUT2D eigenvalue weighted by Gasteiger charge is -2.13. The molecule has 0 unspecified atom stereocenters. The number of amides is 1. The van der Waals surface area contributed by atoms with Crippen molar-refractivity contribution in [3.05, 3.63) is 58.5 Å². The number of benzene rings is 1. The first-order chi connectivity index (χ1) is 13.2. The van der Waals surface area contributed by atoms with Crippen molar-refractivity contribution in [2.75, 3.05) is 25.0 Å². The first kappa shape index (κ1) is 17.5. The summed E-state index contributed by atoms with van der Waals surface area (Å²) in [6, 6.07) is 10.4. The van der Waals surface area contributed by atoms with Crippen LogP contribution in [-0.2, 0) is 6.54 Å². The highest BCUT2D eigenvalue weighted by Crippen LogP contribution is 2.16. The van der Waals surface area contributed by atoms with E-state index in [9.17, 15) is 9.59 Å². The molecule has 4 rings (SSSR count). The van der Waals surface area contributed by atoms with Crippen molar-refractivity contribution in [1.82, 2.24) is 19.7 Å². The molecule has 1 aliphatic rings. The smallest absolute Gasteiger partial charge is 0.257 e. The maximum Gasteiger partial charge on any atom is 0.257 e. The number of para-hydroxylation sites is 1. The summed E-state index contributed by atoms with van der Waals surface area (Å²) in [5, 5.41) is 7.93. The van der Waals surface area contributed by atoms with E-state index in [1.54, 1.807) is 12.1 Å². The molecule has 0 radical (unpaired) electrons. The maximum atomic E-state index is 12.7. The summed E-state index contributed by atoms with van der Waals surface area (Å²) in [6.45, 7) is 4.30. The van der Waals surface area contributed by atoms with Crippen LogP contribution in [0.5, 0.6) is 0 Å².